The largest absolute Gasteiger partial charge is 0.347 e. The second kappa shape index (κ2) is 5.20. The van der Waals surface area contributed by atoms with E-state index in [4.69, 9.17) is 0 Å². The number of fused-ring (bicyclic) bond motifs is 2. The van der Waals surface area contributed by atoms with Crippen molar-refractivity contribution in [2.24, 2.45) is 0 Å². The van der Waals surface area contributed by atoms with Gasteiger partial charge in [-0.2, -0.15) is 0 Å². The quantitative estimate of drug-likeness (QED) is 0.713. The predicted molar refractivity (Wildman–Crippen MR) is 98.5 cm³/mol. The van der Waals surface area contributed by atoms with Crippen LogP contribution < -0.4 is 4.90 Å². The van der Waals surface area contributed by atoms with Gasteiger partial charge >= 0.3 is 0 Å². The van der Waals surface area contributed by atoms with E-state index in [0.717, 1.165) is 23.1 Å². The van der Waals surface area contributed by atoms with Crippen LogP contribution in [0.1, 0.15) is 35.3 Å². The molecule has 24 heavy (non-hydrogen) atoms. The van der Waals surface area contributed by atoms with Crippen molar-refractivity contribution in [2.45, 2.75) is 25.7 Å². The molecular formula is C22H21NO. The van der Waals surface area contributed by atoms with E-state index < -0.39 is 0 Å². The van der Waals surface area contributed by atoms with E-state index in [1.807, 2.05) is 30.3 Å². The highest BCUT2D eigenvalue weighted by Crippen LogP contribution is 2.46. The van der Waals surface area contributed by atoms with Gasteiger partial charge in [-0.3, -0.25) is 4.79 Å². The van der Waals surface area contributed by atoms with Gasteiger partial charge in [-0.15, -0.1) is 0 Å². The first-order valence-corrected chi connectivity index (χ1v) is 8.37. The van der Waals surface area contributed by atoms with E-state index in [0.29, 0.717) is 0 Å². The molecule has 0 radical (unpaired) electrons. The average Bonchev–Trinajstić information content (AvgIpc) is 3.00. The molecule has 2 nitrogen and oxygen atoms in total. The topological polar surface area (TPSA) is 20.3 Å². The number of hydrogen-bond donors (Lipinski definition) is 0. The second-order valence-electron chi connectivity index (χ2n) is 7.11. The van der Waals surface area contributed by atoms with Crippen molar-refractivity contribution in [3.8, 4) is 0 Å². The number of para-hydroxylation sites is 1. The van der Waals surface area contributed by atoms with Crippen molar-refractivity contribution in [1.29, 1.82) is 0 Å². The Bertz CT molecular complexity index is 902. The van der Waals surface area contributed by atoms with Crippen molar-refractivity contribution >= 4 is 11.5 Å². The molecular weight excluding hydrogens is 294 g/mol. The Morgan fingerprint density at radius 3 is 2.46 bits per heavy atom. The molecule has 4 rings (SSSR count). The first kappa shape index (κ1) is 14.9. The van der Waals surface area contributed by atoms with Gasteiger partial charge in [0.1, 0.15) is 0 Å². The molecule has 0 saturated carbocycles. The lowest BCUT2D eigenvalue weighted by Gasteiger charge is -2.23. The Morgan fingerprint density at radius 1 is 1.00 bits per heavy atom. The molecule has 0 spiro atoms. The highest BCUT2D eigenvalue weighted by atomic mass is 16.1. The van der Waals surface area contributed by atoms with Gasteiger partial charge in [0.05, 0.1) is 0 Å². The first-order valence-electron chi connectivity index (χ1n) is 8.37. The van der Waals surface area contributed by atoms with E-state index in [1.54, 1.807) is 0 Å². The summed E-state index contributed by atoms with van der Waals surface area (Å²) < 4.78 is 0. The zero-order valence-corrected chi connectivity index (χ0v) is 14.3. The zero-order chi connectivity index (χ0) is 16.9. The van der Waals surface area contributed by atoms with Crippen LogP contribution in [0, 0.1) is 0 Å². The van der Waals surface area contributed by atoms with Crippen LogP contribution in [0.2, 0.25) is 0 Å². The Balaban J connectivity index is 1.72. The molecule has 1 aliphatic carbocycles. The fourth-order valence-corrected chi connectivity index (χ4v) is 3.97. The number of likely N-dealkylation sites (N-methyl/N-ethyl adjacent to an activating group) is 1. The van der Waals surface area contributed by atoms with Crippen LogP contribution in [0.15, 0.2) is 72.0 Å². The Hall–Kier alpha value is -2.61. The molecule has 0 aromatic heterocycles. The number of ketones is 1. The molecule has 2 aliphatic rings. The summed E-state index contributed by atoms with van der Waals surface area (Å²) in [6.07, 6.45) is 4.87. The summed E-state index contributed by atoms with van der Waals surface area (Å²) in [5, 5.41) is 0. The molecule has 0 atom stereocenters. The number of nitrogens with zero attached hydrogens (tertiary/aromatic N) is 1. The number of hydrogen-bond acceptors (Lipinski definition) is 2. The SMILES string of the molecule is CN1/C(=C\C=C2\Cc3ccccc3C2=O)C(C)(C)c2ccccc21. The van der Waals surface area contributed by atoms with Crippen LogP contribution in [-0.4, -0.2) is 12.8 Å². The van der Waals surface area contributed by atoms with Crippen LogP contribution in [0.3, 0.4) is 0 Å². The molecule has 0 bridgehead atoms. The minimum atomic E-state index is -0.0586. The van der Waals surface area contributed by atoms with Gasteiger partial charge in [-0.05, 0) is 23.3 Å². The molecule has 0 unspecified atom stereocenters. The zero-order valence-electron chi connectivity index (χ0n) is 14.3. The number of benzene rings is 2. The molecule has 0 saturated heterocycles. The summed E-state index contributed by atoms with van der Waals surface area (Å²) >= 11 is 0. The molecule has 120 valence electrons. The Kier molecular flexibility index (Phi) is 3.24. The van der Waals surface area contributed by atoms with Crippen LogP contribution >= 0.6 is 0 Å². The maximum absolute atomic E-state index is 12.6. The summed E-state index contributed by atoms with van der Waals surface area (Å²) in [6, 6.07) is 16.4. The fraction of sp³-hybridized carbons (Fsp3) is 0.227. The molecule has 2 heteroatoms. The van der Waals surface area contributed by atoms with Crippen LogP contribution in [0.25, 0.3) is 0 Å². The van der Waals surface area contributed by atoms with Crippen LogP contribution in [0.5, 0.6) is 0 Å². The van der Waals surface area contributed by atoms with Gasteiger partial charge < -0.3 is 4.90 Å². The lowest BCUT2D eigenvalue weighted by molar-refractivity contribution is 0.103. The highest BCUT2D eigenvalue weighted by Gasteiger charge is 2.37. The predicted octanol–water partition coefficient (Wildman–Crippen LogP) is 4.66. The third kappa shape index (κ3) is 2.06. The minimum Gasteiger partial charge on any atom is -0.347 e. The van der Waals surface area contributed by atoms with E-state index in [-0.39, 0.29) is 11.2 Å². The molecule has 1 aliphatic heterocycles. The lowest BCUT2D eigenvalue weighted by atomic mass is 9.83. The summed E-state index contributed by atoms with van der Waals surface area (Å²) in [4.78, 5) is 14.8. The van der Waals surface area contributed by atoms with Gasteiger partial charge in [-0.25, -0.2) is 0 Å². The van der Waals surface area contributed by atoms with Crippen molar-refractivity contribution < 1.29 is 4.79 Å². The first-order chi connectivity index (χ1) is 11.5. The monoisotopic (exact) mass is 315 g/mol. The Morgan fingerprint density at radius 2 is 1.71 bits per heavy atom. The van der Waals surface area contributed by atoms with Gasteiger partial charge in [0.25, 0.3) is 0 Å². The molecule has 2 aromatic carbocycles. The number of carbonyl (C=O) groups is 1. The number of Topliss-reactive ketones (excluding diaryl/α,β-unsaturated/α-hetero) is 1. The number of rotatable bonds is 1. The van der Waals surface area contributed by atoms with E-state index in [1.165, 1.54) is 16.9 Å². The molecule has 1 heterocycles. The average molecular weight is 315 g/mol. The third-order valence-electron chi connectivity index (χ3n) is 5.32. The number of carbonyl (C=O) groups excluding carboxylic acids is 1. The fourth-order valence-electron chi connectivity index (χ4n) is 3.97. The van der Waals surface area contributed by atoms with Gasteiger partial charge in [-0.1, -0.05) is 62.4 Å². The van der Waals surface area contributed by atoms with Crippen molar-refractivity contribution in [3.05, 3.63) is 88.6 Å². The minimum absolute atomic E-state index is 0.0586. The maximum atomic E-state index is 12.6. The van der Waals surface area contributed by atoms with Crippen LogP contribution in [0.4, 0.5) is 5.69 Å². The molecule has 0 N–H and O–H groups in total. The lowest BCUT2D eigenvalue weighted by Crippen LogP contribution is -2.22. The molecule has 2 aromatic rings. The second-order valence-corrected chi connectivity index (χ2v) is 7.11. The summed E-state index contributed by atoms with van der Waals surface area (Å²) in [5.74, 6) is 0.165. The summed E-state index contributed by atoms with van der Waals surface area (Å²) in [7, 11) is 2.10. The van der Waals surface area contributed by atoms with Crippen molar-refractivity contribution in [3.63, 3.8) is 0 Å². The number of allylic oxidation sites excluding steroid dienone is 4. The Labute approximate surface area is 143 Å². The maximum Gasteiger partial charge on any atom is 0.189 e. The normalized spacial score (nSPS) is 21.5. The van der Waals surface area contributed by atoms with E-state index in [9.17, 15) is 4.79 Å². The molecule has 0 fully saturated rings. The summed E-state index contributed by atoms with van der Waals surface area (Å²) in [6.45, 7) is 4.48. The highest BCUT2D eigenvalue weighted by molar-refractivity contribution is 6.13. The standard InChI is InChI=1S/C22H21NO/c1-22(2)18-10-6-7-11-19(18)23(3)20(22)13-12-16-14-15-8-4-5-9-17(15)21(16)24/h4-13H,14H2,1-3H3/b16-12-,20-13-. The van der Waals surface area contributed by atoms with Gasteiger partial charge in [0, 0.05) is 41.4 Å². The van der Waals surface area contributed by atoms with E-state index in [2.05, 4.69) is 56.1 Å². The van der Waals surface area contributed by atoms with Crippen LogP contribution in [-0.2, 0) is 11.8 Å². The van der Waals surface area contributed by atoms with E-state index >= 15 is 0 Å². The smallest absolute Gasteiger partial charge is 0.189 e. The van der Waals surface area contributed by atoms with Gasteiger partial charge in [0.15, 0.2) is 5.78 Å². The third-order valence-corrected chi connectivity index (χ3v) is 5.32. The van der Waals surface area contributed by atoms with Crippen molar-refractivity contribution in [2.75, 3.05) is 11.9 Å². The summed E-state index contributed by atoms with van der Waals surface area (Å²) in [5.41, 5.74) is 6.60. The van der Waals surface area contributed by atoms with Gasteiger partial charge in [0.2, 0.25) is 0 Å². The number of anilines is 1. The van der Waals surface area contributed by atoms with Crippen molar-refractivity contribution in [1.82, 2.24) is 0 Å². The molecule has 0 amide bonds.